The maximum Gasteiger partial charge on any atom is 0.433 e. The Labute approximate surface area is 238 Å². The third-order valence-corrected chi connectivity index (χ3v) is 7.01. The van der Waals surface area contributed by atoms with Crippen LogP contribution in [0.3, 0.4) is 0 Å². The molecule has 1 saturated heterocycles. The smallest absolute Gasteiger partial charge is 0.433 e. The summed E-state index contributed by atoms with van der Waals surface area (Å²) in [6, 6.07) is 10.5. The lowest BCUT2D eigenvalue weighted by molar-refractivity contribution is -0.141. The average molecular weight is 584 g/mol. The standard InChI is InChI=1S/C29H28F3N5O5/c1-15(33)25-24(28(39)37-14-6-8-19(37)26(38)34-18-7-4-5-9-20(18)40-2)36-27(42-25)17-10-12-21(41-3)23-16(17)11-13-22(35-23)29(30,31)32/h4-5,7,9-13,15,19H,6,8,14,33H2,1-3H3,(H,34,38)/t15-,19-/m0/s1. The monoisotopic (exact) mass is 583 g/mol. The molecule has 42 heavy (non-hydrogen) atoms. The van der Waals surface area contributed by atoms with Gasteiger partial charge < -0.3 is 29.8 Å². The number of fused-ring (bicyclic) bond motifs is 1. The van der Waals surface area contributed by atoms with E-state index in [9.17, 15) is 22.8 Å². The van der Waals surface area contributed by atoms with Crippen LogP contribution < -0.4 is 20.5 Å². The number of amides is 2. The van der Waals surface area contributed by atoms with E-state index in [-0.39, 0.29) is 39.9 Å². The molecule has 0 unspecified atom stereocenters. The van der Waals surface area contributed by atoms with Crippen molar-refractivity contribution in [2.45, 2.75) is 38.0 Å². The Hall–Kier alpha value is -4.65. The second kappa shape index (κ2) is 11.3. The number of methoxy groups -OCH3 is 2. The molecule has 2 aromatic heterocycles. The molecule has 2 aromatic carbocycles. The summed E-state index contributed by atoms with van der Waals surface area (Å²) in [6.45, 7) is 1.92. The van der Waals surface area contributed by atoms with Gasteiger partial charge in [-0.05, 0) is 56.2 Å². The molecule has 4 aromatic rings. The fourth-order valence-electron chi connectivity index (χ4n) is 4.99. The predicted molar refractivity (Wildman–Crippen MR) is 147 cm³/mol. The zero-order chi connectivity index (χ0) is 30.2. The molecular formula is C29H28F3N5O5. The first kappa shape index (κ1) is 28.9. The van der Waals surface area contributed by atoms with Crippen molar-refractivity contribution >= 4 is 28.4 Å². The van der Waals surface area contributed by atoms with E-state index in [0.717, 1.165) is 6.07 Å². The Morgan fingerprint density at radius 3 is 2.50 bits per heavy atom. The Morgan fingerprint density at radius 1 is 1.07 bits per heavy atom. The summed E-state index contributed by atoms with van der Waals surface area (Å²) in [4.78, 5) is 36.7. The number of rotatable bonds is 7. The molecule has 0 saturated carbocycles. The molecule has 2 amide bonds. The predicted octanol–water partition coefficient (Wildman–Crippen LogP) is 5.19. The number of aromatic nitrogens is 2. The molecule has 1 aliphatic heterocycles. The summed E-state index contributed by atoms with van der Waals surface area (Å²) < 4.78 is 56.6. The highest BCUT2D eigenvalue weighted by Gasteiger charge is 2.38. The summed E-state index contributed by atoms with van der Waals surface area (Å²) in [5, 5.41) is 3.10. The van der Waals surface area contributed by atoms with E-state index in [1.54, 1.807) is 37.3 Å². The molecule has 0 radical (unpaired) electrons. The Bertz CT molecular complexity index is 1650. The van der Waals surface area contributed by atoms with Gasteiger partial charge in [0.1, 0.15) is 28.8 Å². The van der Waals surface area contributed by atoms with E-state index in [2.05, 4.69) is 15.3 Å². The number of nitrogens with zero attached hydrogens (tertiary/aromatic N) is 3. The number of benzene rings is 2. The molecular weight excluding hydrogens is 555 g/mol. The molecule has 13 heteroatoms. The second-order valence-electron chi connectivity index (χ2n) is 9.77. The van der Waals surface area contributed by atoms with Gasteiger partial charge in [-0.1, -0.05) is 12.1 Å². The molecule has 3 N–H and O–H groups in total. The maximum atomic E-state index is 13.8. The Morgan fingerprint density at radius 2 is 1.81 bits per heavy atom. The number of nitrogens with one attached hydrogen (secondary N) is 1. The van der Waals surface area contributed by atoms with Crippen LogP contribution in [0.2, 0.25) is 0 Å². The number of para-hydroxylation sites is 2. The van der Waals surface area contributed by atoms with E-state index < -0.39 is 29.9 Å². The molecule has 10 nitrogen and oxygen atoms in total. The van der Waals surface area contributed by atoms with Crippen LogP contribution in [0.1, 0.15) is 47.7 Å². The van der Waals surface area contributed by atoms with Gasteiger partial charge in [0.15, 0.2) is 11.5 Å². The maximum absolute atomic E-state index is 13.8. The molecule has 3 heterocycles. The molecule has 1 fully saturated rings. The number of alkyl halides is 3. The number of hydrogen-bond donors (Lipinski definition) is 2. The quantitative estimate of drug-likeness (QED) is 0.304. The van der Waals surface area contributed by atoms with Gasteiger partial charge >= 0.3 is 6.18 Å². The number of oxazole rings is 1. The van der Waals surface area contributed by atoms with Crippen LogP contribution in [0.25, 0.3) is 22.4 Å². The van der Waals surface area contributed by atoms with Crippen LogP contribution in [0.5, 0.6) is 11.5 Å². The fourth-order valence-corrected chi connectivity index (χ4v) is 4.99. The van der Waals surface area contributed by atoms with Crippen molar-refractivity contribution < 1.29 is 36.7 Å². The summed E-state index contributed by atoms with van der Waals surface area (Å²) >= 11 is 0. The van der Waals surface area contributed by atoms with Gasteiger partial charge in [0, 0.05) is 17.5 Å². The van der Waals surface area contributed by atoms with E-state index >= 15 is 0 Å². The minimum atomic E-state index is -4.66. The summed E-state index contributed by atoms with van der Waals surface area (Å²) in [7, 11) is 2.81. The fraction of sp³-hybridized carbons (Fsp3) is 0.310. The number of hydrogen-bond acceptors (Lipinski definition) is 8. The SMILES string of the molecule is COc1ccccc1NC(=O)[C@@H]1CCCN1C(=O)c1nc(-c2ccc(OC)c3nc(C(F)(F)F)ccc23)oc1[C@H](C)N. The van der Waals surface area contributed by atoms with Crippen LogP contribution in [0.15, 0.2) is 52.9 Å². The lowest BCUT2D eigenvalue weighted by Crippen LogP contribution is -2.43. The van der Waals surface area contributed by atoms with Gasteiger partial charge in [0.2, 0.25) is 11.8 Å². The summed E-state index contributed by atoms with van der Waals surface area (Å²) in [6.07, 6.45) is -3.64. The van der Waals surface area contributed by atoms with Crippen molar-refractivity contribution in [3.8, 4) is 23.0 Å². The number of carbonyl (C=O) groups is 2. The highest BCUT2D eigenvalue weighted by atomic mass is 19.4. The third kappa shape index (κ3) is 5.34. The second-order valence-corrected chi connectivity index (χ2v) is 9.77. The molecule has 0 spiro atoms. The largest absolute Gasteiger partial charge is 0.495 e. The molecule has 220 valence electrons. The number of halogens is 3. The number of ether oxygens (including phenoxy) is 2. The molecule has 0 bridgehead atoms. The number of carbonyl (C=O) groups excluding carboxylic acids is 2. The summed E-state index contributed by atoms with van der Waals surface area (Å²) in [5.41, 5.74) is 5.68. The highest BCUT2D eigenvalue weighted by Crippen LogP contribution is 2.38. The van der Waals surface area contributed by atoms with Crippen molar-refractivity contribution in [1.82, 2.24) is 14.9 Å². The number of pyridine rings is 1. The van der Waals surface area contributed by atoms with Crippen LogP contribution in [0.4, 0.5) is 18.9 Å². The van der Waals surface area contributed by atoms with Gasteiger partial charge in [-0.2, -0.15) is 13.2 Å². The number of likely N-dealkylation sites (tertiary alicyclic amines) is 1. The molecule has 5 rings (SSSR count). The lowest BCUT2D eigenvalue weighted by atomic mass is 10.1. The zero-order valence-electron chi connectivity index (χ0n) is 23.0. The first-order valence-corrected chi connectivity index (χ1v) is 13.1. The normalized spacial score (nSPS) is 16.0. The molecule has 2 atom stereocenters. The topological polar surface area (TPSA) is 133 Å². The van der Waals surface area contributed by atoms with Gasteiger partial charge in [-0.3, -0.25) is 9.59 Å². The Kier molecular flexibility index (Phi) is 7.78. The first-order chi connectivity index (χ1) is 20.0. The average Bonchev–Trinajstić information content (AvgIpc) is 3.64. The highest BCUT2D eigenvalue weighted by molar-refractivity contribution is 6.02. The number of nitrogens with two attached hydrogens (primary N) is 1. The van der Waals surface area contributed by atoms with E-state index in [0.29, 0.717) is 36.4 Å². The van der Waals surface area contributed by atoms with Crippen molar-refractivity contribution in [2.24, 2.45) is 5.73 Å². The Balaban J connectivity index is 1.51. The lowest BCUT2D eigenvalue weighted by Gasteiger charge is -2.24. The van der Waals surface area contributed by atoms with Gasteiger partial charge in [0.25, 0.3) is 5.91 Å². The van der Waals surface area contributed by atoms with Gasteiger partial charge in [0.05, 0.1) is 25.9 Å². The van der Waals surface area contributed by atoms with Crippen molar-refractivity contribution in [2.75, 3.05) is 26.1 Å². The minimum absolute atomic E-state index is 0.0333. The summed E-state index contributed by atoms with van der Waals surface area (Å²) in [5.74, 6) is -0.292. The van der Waals surface area contributed by atoms with Crippen LogP contribution >= 0.6 is 0 Å². The molecule has 1 aliphatic rings. The minimum Gasteiger partial charge on any atom is -0.495 e. The van der Waals surface area contributed by atoms with Gasteiger partial charge in [-0.15, -0.1) is 0 Å². The van der Waals surface area contributed by atoms with Crippen molar-refractivity contribution in [1.29, 1.82) is 0 Å². The van der Waals surface area contributed by atoms with Crippen LogP contribution in [0, 0.1) is 0 Å². The first-order valence-electron chi connectivity index (χ1n) is 13.1. The van der Waals surface area contributed by atoms with E-state index in [1.165, 1.54) is 31.3 Å². The third-order valence-electron chi connectivity index (χ3n) is 7.01. The number of anilines is 1. The van der Waals surface area contributed by atoms with Crippen LogP contribution in [-0.2, 0) is 11.0 Å². The van der Waals surface area contributed by atoms with E-state index in [1.807, 2.05) is 0 Å². The molecule has 0 aliphatic carbocycles. The zero-order valence-corrected chi connectivity index (χ0v) is 23.0. The van der Waals surface area contributed by atoms with E-state index in [4.69, 9.17) is 19.6 Å². The van der Waals surface area contributed by atoms with Crippen LogP contribution in [-0.4, -0.2) is 53.5 Å². The van der Waals surface area contributed by atoms with Gasteiger partial charge in [-0.25, -0.2) is 9.97 Å². The van der Waals surface area contributed by atoms with Crippen molar-refractivity contribution in [3.05, 3.63) is 65.7 Å². The van der Waals surface area contributed by atoms with Crippen molar-refractivity contribution in [3.63, 3.8) is 0 Å².